The molecule has 2 aromatic rings. The average molecular weight is 354 g/mol. The third-order valence-electron chi connectivity index (χ3n) is 4.74. The average Bonchev–Trinajstić information content (AvgIpc) is 2.68. The first-order chi connectivity index (χ1) is 12.7. The van der Waals surface area contributed by atoms with E-state index in [1.54, 1.807) is 20.3 Å². The molecule has 1 amide bonds. The van der Waals surface area contributed by atoms with Gasteiger partial charge in [-0.25, -0.2) is 0 Å². The zero-order valence-corrected chi connectivity index (χ0v) is 15.4. The van der Waals surface area contributed by atoms with E-state index in [4.69, 9.17) is 9.47 Å². The van der Waals surface area contributed by atoms with Gasteiger partial charge in [-0.1, -0.05) is 30.3 Å². The first kappa shape index (κ1) is 18.3. The number of carbonyl (C=O) groups excluding carboxylic acids is 1. The van der Waals surface area contributed by atoms with E-state index >= 15 is 0 Å². The second kappa shape index (κ2) is 8.72. The number of carbonyl (C=O) groups is 1. The second-order valence-electron chi connectivity index (χ2n) is 6.65. The highest BCUT2D eigenvalue weighted by Crippen LogP contribution is 2.27. The van der Waals surface area contributed by atoms with Gasteiger partial charge in [0.15, 0.2) is 0 Å². The van der Waals surface area contributed by atoms with Crippen molar-refractivity contribution in [2.45, 2.75) is 19.4 Å². The Hall–Kier alpha value is -2.53. The number of likely N-dealkylation sites (tertiary alicyclic amines) is 1. The molecule has 5 nitrogen and oxygen atoms in total. The molecule has 1 heterocycles. The summed E-state index contributed by atoms with van der Waals surface area (Å²) in [5, 5.41) is 3.02. The molecule has 2 aromatic carbocycles. The number of amides is 1. The Morgan fingerprint density at radius 3 is 2.46 bits per heavy atom. The first-order valence-electron chi connectivity index (χ1n) is 8.98. The van der Waals surface area contributed by atoms with Crippen LogP contribution in [0.4, 0.5) is 5.69 Å². The lowest BCUT2D eigenvalue weighted by Gasteiger charge is -2.32. The minimum Gasteiger partial charge on any atom is -0.497 e. The number of piperidine rings is 1. The lowest BCUT2D eigenvalue weighted by Crippen LogP contribution is -2.40. The predicted molar refractivity (Wildman–Crippen MR) is 103 cm³/mol. The Kier molecular flexibility index (Phi) is 6.12. The molecule has 0 aliphatic carbocycles. The number of nitrogens with one attached hydrogen (secondary N) is 1. The smallest absolute Gasteiger partial charge is 0.228 e. The molecule has 0 saturated carbocycles. The molecule has 0 radical (unpaired) electrons. The quantitative estimate of drug-likeness (QED) is 0.862. The van der Waals surface area contributed by atoms with Crippen LogP contribution in [0.15, 0.2) is 48.5 Å². The Morgan fingerprint density at radius 1 is 1.12 bits per heavy atom. The minimum absolute atomic E-state index is 0.00958. The molecule has 0 aromatic heterocycles. The fraction of sp³-hybridized carbons (Fsp3) is 0.381. The van der Waals surface area contributed by atoms with Crippen molar-refractivity contribution in [2.75, 3.05) is 32.6 Å². The van der Waals surface area contributed by atoms with E-state index in [1.165, 1.54) is 5.56 Å². The number of benzene rings is 2. The normalized spacial score (nSPS) is 17.5. The highest BCUT2D eigenvalue weighted by Gasteiger charge is 2.26. The van der Waals surface area contributed by atoms with Gasteiger partial charge < -0.3 is 14.8 Å². The lowest BCUT2D eigenvalue weighted by atomic mass is 9.96. The SMILES string of the molecule is COc1cc(NC(=O)C2CCCN(Cc3ccccc3)C2)cc(OC)c1. The summed E-state index contributed by atoms with van der Waals surface area (Å²) < 4.78 is 10.5. The Bertz CT molecular complexity index is 711. The molecular weight excluding hydrogens is 328 g/mol. The summed E-state index contributed by atoms with van der Waals surface area (Å²) in [6.45, 7) is 2.70. The van der Waals surface area contributed by atoms with Gasteiger partial charge in [0, 0.05) is 37.0 Å². The van der Waals surface area contributed by atoms with Gasteiger partial charge in [0.25, 0.3) is 0 Å². The summed E-state index contributed by atoms with van der Waals surface area (Å²) in [5.74, 6) is 1.37. The molecule has 1 aliphatic heterocycles. The van der Waals surface area contributed by atoms with Crippen LogP contribution < -0.4 is 14.8 Å². The highest BCUT2D eigenvalue weighted by atomic mass is 16.5. The molecule has 1 unspecified atom stereocenters. The first-order valence-corrected chi connectivity index (χ1v) is 8.98. The zero-order valence-electron chi connectivity index (χ0n) is 15.4. The van der Waals surface area contributed by atoms with E-state index in [-0.39, 0.29) is 11.8 Å². The molecule has 5 heteroatoms. The molecule has 0 spiro atoms. The van der Waals surface area contributed by atoms with Crippen LogP contribution in [-0.2, 0) is 11.3 Å². The predicted octanol–water partition coefficient (Wildman–Crippen LogP) is 3.55. The third-order valence-corrected chi connectivity index (χ3v) is 4.74. The molecule has 26 heavy (non-hydrogen) atoms. The molecule has 1 N–H and O–H groups in total. The number of methoxy groups -OCH3 is 2. The summed E-state index contributed by atoms with van der Waals surface area (Å²) in [6.07, 6.45) is 1.95. The van der Waals surface area contributed by atoms with Crippen molar-refractivity contribution in [3.63, 3.8) is 0 Å². The summed E-state index contributed by atoms with van der Waals surface area (Å²) in [4.78, 5) is 15.1. The summed E-state index contributed by atoms with van der Waals surface area (Å²) in [5.41, 5.74) is 1.98. The van der Waals surface area contributed by atoms with Gasteiger partial charge in [0.2, 0.25) is 5.91 Å². The van der Waals surface area contributed by atoms with Crippen molar-refractivity contribution in [3.8, 4) is 11.5 Å². The van der Waals surface area contributed by atoms with E-state index in [0.717, 1.165) is 32.5 Å². The molecule has 138 valence electrons. The maximum Gasteiger partial charge on any atom is 0.228 e. The zero-order chi connectivity index (χ0) is 18.4. The van der Waals surface area contributed by atoms with Gasteiger partial charge in [-0.05, 0) is 24.9 Å². The summed E-state index contributed by atoms with van der Waals surface area (Å²) in [7, 11) is 3.20. The fourth-order valence-electron chi connectivity index (χ4n) is 3.38. The van der Waals surface area contributed by atoms with E-state index in [0.29, 0.717) is 17.2 Å². The van der Waals surface area contributed by atoms with Crippen molar-refractivity contribution in [1.82, 2.24) is 4.90 Å². The molecule has 1 fully saturated rings. The number of rotatable bonds is 6. The molecular formula is C21H26N2O3. The lowest BCUT2D eigenvalue weighted by molar-refractivity contribution is -0.121. The fourth-order valence-corrected chi connectivity index (χ4v) is 3.38. The number of hydrogen-bond acceptors (Lipinski definition) is 4. The highest BCUT2D eigenvalue weighted by molar-refractivity contribution is 5.93. The Balaban J connectivity index is 1.62. The van der Waals surface area contributed by atoms with Crippen molar-refractivity contribution in [2.24, 2.45) is 5.92 Å². The van der Waals surface area contributed by atoms with Gasteiger partial charge in [-0.2, -0.15) is 0 Å². The summed E-state index contributed by atoms with van der Waals surface area (Å²) >= 11 is 0. The Morgan fingerprint density at radius 2 is 1.81 bits per heavy atom. The number of ether oxygens (including phenoxy) is 2. The van der Waals surface area contributed by atoms with Crippen molar-refractivity contribution >= 4 is 11.6 Å². The number of hydrogen-bond donors (Lipinski definition) is 1. The molecule has 1 aliphatic rings. The van der Waals surface area contributed by atoms with Gasteiger partial charge in [0.1, 0.15) is 11.5 Å². The van der Waals surface area contributed by atoms with Crippen LogP contribution in [0.1, 0.15) is 18.4 Å². The van der Waals surface area contributed by atoms with Crippen LogP contribution in [0.5, 0.6) is 11.5 Å². The van der Waals surface area contributed by atoms with Crippen molar-refractivity contribution < 1.29 is 14.3 Å². The van der Waals surface area contributed by atoms with Crippen LogP contribution in [0, 0.1) is 5.92 Å². The van der Waals surface area contributed by atoms with Gasteiger partial charge in [0.05, 0.1) is 20.1 Å². The van der Waals surface area contributed by atoms with Crippen LogP contribution in [-0.4, -0.2) is 38.1 Å². The Labute approximate surface area is 154 Å². The van der Waals surface area contributed by atoms with E-state index < -0.39 is 0 Å². The molecule has 0 bridgehead atoms. The number of nitrogens with zero attached hydrogens (tertiary/aromatic N) is 1. The maximum absolute atomic E-state index is 12.7. The molecule has 3 rings (SSSR count). The van der Waals surface area contributed by atoms with E-state index in [2.05, 4.69) is 34.5 Å². The van der Waals surface area contributed by atoms with E-state index in [1.807, 2.05) is 18.2 Å². The second-order valence-corrected chi connectivity index (χ2v) is 6.65. The van der Waals surface area contributed by atoms with Gasteiger partial charge in [-0.3, -0.25) is 9.69 Å². The number of anilines is 1. The molecule has 1 saturated heterocycles. The minimum atomic E-state index is -0.00958. The molecule has 1 atom stereocenters. The largest absolute Gasteiger partial charge is 0.497 e. The van der Waals surface area contributed by atoms with Gasteiger partial charge in [-0.15, -0.1) is 0 Å². The van der Waals surface area contributed by atoms with Crippen LogP contribution in [0.25, 0.3) is 0 Å². The van der Waals surface area contributed by atoms with Crippen LogP contribution >= 0.6 is 0 Å². The standard InChI is InChI=1S/C21H26N2O3/c1-25-19-11-18(12-20(13-19)26-2)22-21(24)17-9-6-10-23(15-17)14-16-7-4-3-5-8-16/h3-5,7-8,11-13,17H,6,9-10,14-15H2,1-2H3,(H,22,24). The van der Waals surface area contributed by atoms with Crippen LogP contribution in [0.3, 0.4) is 0 Å². The van der Waals surface area contributed by atoms with Gasteiger partial charge >= 0.3 is 0 Å². The monoisotopic (exact) mass is 354 g/mol. The van der Waals surface area contributed by atoms with E-state index in [9.17, 15) is 4.79 Å². The topological polar surface area (TPSA) is 50.8 Å². The van der Waals surface area contributed by atoms with Crippen molar-refractivity contribution in [1.29, 1.82) is 0 Å². The van der Waals surface area contributed by atoms with Crippen LogP contribution in [0.2, 0.25) is 0 Å². The third kappa shape index (κ3) is 4.76. The van der Waals surface area contributed by atoms with Crippen molar-refractivity contribution in [3.05, 3.63) is 54.1 Å². The summed E-state index contributed by atoms with van der Waals surface area (Å²) in [6, 6.07) is 15.8. The maximum atomic E-state index is 12.7.